The average Bonchev–Trinajstić information content (AvgIpc) is 2.82. The van der Waals surface area contributed by atoms with Crippen molar-refractivity contribution in [1.29, 1.82) is 0 Å². The molecule has 0 radical (unpaired) electrons. The Morgan fingerprint density at radius 1 is 1.73 bits per heavy atom. The maximum absolute atomic E-state index is 11.1. The largest absolute Gasteiger partial charge is 0.339 e. The van der Waals surface area contributed by atoms with Crippen molar-refractivity contribution in [3.63, 3.8) is 0 Å². The van der Waals surface area contributed by atoms with E-state index >= 15 is 0 Å². The van der Waals surface area contributed by atoms with Crippen LogP contribution in [0.4, 0.5) is 0 Å². The van der Waals surface area contributed by atoms with Crippen LogP contribution in [0.2, 0.25) is 0 Å². The van der Waals surface area contributed by atoms with Gasteiger partial charge in [0.05, 0.1) is 0 Å². The quantitative estimate of drug-likeness (QED) is 0.559. The summed E-state index contributed by atoms with van der Waals surface area (Å²) in [6, 6.07) is 0. The molecule has 0 aliphatic heterocycles. The zero-order valence-electron chi connectivity index (χ0n) is 7.05. The van der Waals surface area contributed by atoms with Gasteiger partial charge in [-0.05, 0) is 31.8 Å². The van der Waals surface area contributed by atoms with Crippen molar-refractivity contribution in [2.45, 2.75) is 19.8 Å². The van der Waals surface area contributed by atoms with E-state index < -0.39 is 0 Å². The first kappa shape index (κ1) is 8.31. The predicted molar refractivity (Wildman–Crippen MR) is 45.2 cm³/mol. The molecule has 0 aromatic rings. The Kier molecular flexibility index (Phi) is 2.69. The molecule has 1 amide bonds. The van der Waals surface area contributed by atoms with Gasteiger partial charge in [-0.3, -0.25) is 4.79 Å². The molecule has 0 aromatic heterocycles. The van der Waals surface area contributed by atoms with Crippen molar-refractivity contribution < 1.29 is 4.79 Å². The van der Waals surface area contributed by atoms with E-state index in [0.717, 1.165) is 19.0 Å². The smallest absolute Gasteiger partial charge is 0.245 e. The second-order valence-electron chi connectivity index (χ2n) is 3.02. The molecule has 2 heteroatoms. The Morgan fingerprint density at radius 2 is 2.36 bits per heavy atom. The Hall–Kier alpha value is -0.790. The number of rotatable bonds is 4. The normalized spacial score (nSPS) is 16.1. The van der Waals surface area contributed by atoms with Crippen molar-refractivity contribution in [2.24, 2.45) is 5.92 Å². The fraction of sp³-hybridized carbons (Fsp3) is 0.667. The summed E-state index contributed by atoms with van der Waals surface area (Å²) >= 11 is 0. The monoisotopic (exact) mass is 153 g/mol. The first-order chi connectivity index (χ1) is 5.27. The third kappa shape index (κ3) is 2.37. The van der Waals surface area contributed by atoms with Crippen molar-refractivity contribution in [2.75, 3.05) is 13.1 Å². The van der Waals surface area contributed by atoms with Crippen LogP contribution in [-0.4, -0.2) is 23.9 Å². The molecule has 0 aromatic carbocycles. The van der Waals surface area contributed by atoms with Crippen LogP contribution in [-0.2, 0) is 4.79 Å². The number of likely N-dealkylation sites (N-methyl/N-ethyl adjacent to an activating group) is 1. The number of nitrogens with zero attached hydrogens (tertiary/aromatic N) is 1. The number of hydrogen-bond donors (Lipinski definition) is 0. The summed E-state index contributed by atoms with van der Waals surface area (Å²) in [6.07, 6.45) is 3.98. The molecule has 1 aliphatic rings. The number of hydrogen-bond acceptors (Lipinski definition) is 1. The lowest BCUT2D eigenvalue weighted by molar-refractivity contribution is -0.126. The lowest BCUT2D eigenvalue weighted by atomic mass is 10.3. The maximum Gasteiger partial charge on any atom is 0.245 e. The molecule has 1 fully saturated rings. The van der Waals surface area contributed by atoms with E-state index in [-0.39, 0.29) is 5.91 Å². The molecule has 1 aliphatic carbocycles. The summed E-state index contributed by atoms with van der Waals surface area (Å²) in [7, 11) is 0. The van der Waals surface area contributed by atoms with E-state index in [1.165, 1.54) is 18.9 Å². The molecule has 0 bridgehead atoms. The Morgan fingerprint density at radius 3 is 2.73 bits per heavy atom. The number of carbonyl (C=O) groups excluding carboxylic acids is 1. The van der Waals surface area contributed by atoms with E-state index in [1.807, 2.05) is 11.8 Å². The van der Waals surface area contributed by atoms with Gasteiger partial charge in [-0.1, -0.05) is 6.58 Å². The van der Waals surface area contributed by atoms with Gasteiger partial charge >= 0.3 is 0 Å². The van der Waals surface area contributed by atoms with E-state index in [4.69, 9.17) is 0 Å². The van der Waals surface area contributed by atoms with Crippen LogP contribution in [0.3, 0.4) is 0 Å². The van der Waals surface area contributed by atoms with Gasteiger partial charge < -0.3 is 4.90 Å². The summed E-state index contributed by atoms with van der Waals surface area (Å²) in [5, 5.41) is 0. The predicted octanol–water partition coefficient (Wildman–Crippen LogP) is 1.43. The molecule has 1 rings (SSSR count). The van der Waals surface area contributed by atoms with Crippen LogP contribution in [0.15, 0.2) is 12.7 Å². The molecule has 0 unspecified atom stereocenters. The van der Waals surface area contributed by atoms with Crippen LogP contribution in [0.1, 0.15) is 19.8 Å². The minimum absolute atomic E-state index is 0.0689. The minimum Gasteiger partial charge on any atom is -0.339 e. The average molecular weight is 153 g/mol. The number of carbonyl (C=O) groups is 1. The standard InChI is InChI=1S/C9H15NO/c1-3-9(11)10(4-2)7-8-5-6-8/h3,8H,1,4-7H2,2H3. The first-order valence-electron chi connectivity index (χ1n) is 4.19. The molecule has 0 saturated heterocycles. The van der Waals surface area contributed by atoms with Crippen molar-refractivity contribution in [3.8, 4) is 0 Å². The summed E-state index contributed by atoms with van der Waals surface area (Å²) in [6.45, 7) is 7.21. The highest BCUT2D eigenvalue weighted by molar-refractivity contribution is 5.86. The fourth-order valence-electron chi connectivity index (χ4n) is 1.12. The van der Waals surface area contributed by atoms with Gasteiger partial charge in [0.1, 0.15) is 0 Å². The Labute approximate surface area is 67.9 Å². The second kappa shape index (κ2) is 3.56. The van der Waals surface area contributed by atoms with Crippen molar-refractivity contribution in [3.05, 3.63) is 12.7 Å². The Bertz CT molecular complexity index is 161. The highest BCUT2D eigenvalue weighted by Crippen LogP contribution is 2.29. The van der Waals surface area contributed by atoms with Crippen molar-refractivity contribution >= 4 is 5.91 Å². The lowest BCUT2D eigenvalue weighted by Crippen LogP contribution is -2.30. The first-order valence-corrected chi connectivity index (χ1v) is 4.19. The van der Waals surface area contributed by atoms with E-state index in [0.29, 0.717) is 0 Å². The van der Waals surface area contributed by atoms with Crippen LogP contribution in [0, 0.1) is 5.92 Å². The molecule has 0 atom stereocenters. The van der Waals surface area contributed by atoms with Gasteiger partial charge in [0.25, 0.3) is 0 Å². The van der Waals surface area contributed by atoms with Gasteiger partial charge in [0.15, 0.2) is 0 Å². The molecular weight excluding hydrogens is 138 g/mol. The summed E-state index contributed by atoms with van der Waals surface area (Å²) in [5.41, 5.74) is 0. The molecule has 0 N–H and O–H groups in total. The number of amides is 1. The molecule has 2 nitrogen and oxygen atoms in total. The highest BCUT2D eigenvalue weighted by Gasteiger charge is 2.24. The zero-order chi connectivity index (χ0) is 8.27. The third-order valence-electron chi connectivity index (χ3n) is 2.04. The van der Waals surface area contributed by atoms with E-state index in [2.05, 4.69) is 6.58 Å². The lowest BCUT2D eigenvalue weighted by Gasteiger charge is -2.18. The second-order valence-corrected chi connectivity index (χ2v) is 3.02. The molecule has 0 spiro atoms. The summed E-state index contributed by atoms with van der Waals surface area (Å²) < 4.78 is 0. The SMILES string of the molecule is C=CC(=O)N(CC)CC1CC1. The van der Waals surface area contributed by atoms with Crippen molar-refractivity contribution in [1.82, 2.24) is 4.90 Å². The topological polar surface area (TPSA) is 20.3 Å². The third-order valence-corrected chi connectivity index (χ3v) is 2.04. The van der Waals surface area contributed by atoms with Crippen LogP contribution >= 0.6 is 0 Å². The van der Waals surface area contributed by atoms with E-state index in [1.54, 1.807) is 0 Å². The van der Waals surface area contributed by atoms with E-state index in [9.17, 15) is 4.79 Å². The van der Waals surface area contributed by atoms with Crippen LogP contribution < -0.4 is 0 Å². The molecule has 1 saturated carbocycles. The molecular formula is C9H15NO. The van der Waals surface area contributed by atoms with Gasteiger partial charge in [0, 0.05) is 13.1 Å². The summed E-state index contributed by atoms with van der Waals surface area (Å²) in [5.74, 6) is 0.846. The van der Waals surface area contributed by atoms with Gasteiger partial charge in [0.2, 0.25) is 5.91 Å². The summed E-state index contributed by atoms with van der Waals surface area (Å²) in [4.78, 5) is 13.0. The van der Waals surface area contributed by atoms with Crippen LogP contribution in [0.25, 0.3) is 0 Å². The Balaban J connectivity index is 2.33. The maximum atomic E-state index is 11.1. The van der Waals surface area contributed by atoms with Gasteiger partial charge in [-0.25, -0.2) is 0 Å². The molecule has 62 valence electrons. The van der Waals surface area contributed by atoms with Gasteiger partial charge in [-0.15, -0.1) is 0 Å². The fourth-order valence-corrected chi connectivity index (χ4v) is 1.12. The minimum atomic E-state index is 0.0689. The van der Waals surface area contributed by atoms with Crippen LogP contribution in [0.5, 0.6) is 0 Å². The highest BCUT2D eigenvalue weighted by atomic mass is 16.2. The molecule has 11 heavy (non-hydrogen) atoms. The molecule has 0 heterocycles. The zero-order valence-corrected chi connectivity index (χ0v) is 7.05. The van der Waals surface area contributed by atoms with Gasteiger partial charge in [-0.2, -0.15) is 0 Å².